The van der Waals surface area contributed by atoms with Crippen molar-refractivity contribution in [2.24, 2.45) is 0 Å². The molecule has 0 N–H and O–H groups in total. The predicted octanol–water partition coefficient (Wildman–Crippen LogP) is 3.75. The van der Waals surface area contributed by atoms with Gasteiger partial charge in [0.15, 0.2) is 0 Å². The predicted molar refractivity (Wildman–Crippen MR) is 136 cm³/mol. The number of piperazine rings is 1. The van der Waals surface area contributed by atoms with Gasteiger partial charge in [0.05, 0.1) is 22.8 Å². The third kappa shape index (κ3) is 4.55. The Balaban J connectivity index is 1.19. The third-order valence-electron chi connectivity index (χ3n) is 6.42. The van der Waals surface area contributed by atoms with Crippen LogP contribution in [0.1, 0.15) is 18.5 Å². The molecule has 3 heterocycles. The highest BCUT2D eigenvalue weighted by molar-refractivity contribution is 8.00. The summed E-state index contributed by atoms with van der Waals surface area (Å²) in [6.45, 7) is 5.64. The van der Waals surface area contributed by atoms with Gasteiger partial charge in [-0.3, -0.25) is 9.59 Å². The zero-order valence-electron chi connectivity index (χ0n) is 19.4. The molecule has 34 heavy (non-hydrogen) atoms. The molecule has 176 valence electrons. The number of hydrogen-bond acceptors (Lipinski definition) is 5. The van der Waals surface area contributed by atoms with Crippen LogP contribution >= 0.6 is 11.8 Å². The number of carbonyl (C=O) groups is 2. The SMILES string of the molecule is Cc1nn(-c2ccccc2)c2c1N(CCCC(=O)N1CCN(c3ccccc3)CC1)C(=O)CS2. The van der Waals surface area contributed by atoms with Gasteiger partial charge in [-0.1, -0.05) is 48.2 Å². The first-order valence-corrected chi connectivity index (χ1v) is 12.8. The van der Waals surface area contributed by atoms with Gasteiger partial charge >= 0.3 is 0 Å². The van der Waals surface area contributed by atoms with E-state index in [0.717, 1.165) is 48.3 Å². The smallest absolute Gasteiger partial charge is 0.237 e. The van der Waals surface area contributed by atoms with Crippen molar-refractivity contribution in [1.82, 2.24) is 14.7 Å². The molecule has 2 amide bonds. The molecule has 2 aliphatic heterocycles. The van der Waals surface area contributed by atoms with Crippen LogP contribution in [0.5, 0.6) is 0 Å². The van der Waals surface area contributed by atoms with Gasteiger partial charge in [-0.05, 0) is 37.6 Å². The molecule has 0 atom stereocenters. The van der Waals surface area contributed by atoms with E-state index in [0.29, 0.717) is 25.1 Å². The summed E-state index contributed by atoms with van der Waals surface area (Å²) in [4.78, 5) is 31.7. The number of benzene rings is 2. The van der Waals surface area contributed by atoms with E-state index in [-0.39, 0.29) is 11.8 Å². The Kier molecular flexibility index (Phi) is 6.58. The molecule has 0 unspecified atom stereocenters. The first kappa shape index (κ1) is 22.5. The van der Waals surface area contributed by atoms with Gasteiger partial charge in [0.25, 0.3) is 0 Å². The standard InChI is InChI=1S/C26H29N5O2S/c1-20-25-26(31(27-20)22-11-6-3-7-12-22)34-19-24(33)30(25)14-8-13-23(32)29-17-15-28(16-18-29)21-9-4-2-5-10-21/h2-7,9-12H,8,13-19H2,1H3. The Hall–Kier alpha value is -3.26. The second kappa shape index (κ2) is 9.93. The van der Waals surface area contributed by atoms with Gasteiger partial charge < -0.3 is 14.7 Å². The van der Waals surface area contributed by atoms with E-state index in [1.807, 2.05) is 69.9 Å². The quantitative estimate of drug-likeness (QED) is 0.544. The second-order valence-electron chi connectivity index (χ2n) is 8.63. The summed E-state index contributed by atoms with van der Waals surface area (Å²) in [6, 6.07) is 20.3. The minimum atomic E-state index is 0.0807. The van der Waals surface area contributed by atoms with E-state index in [1.54, 1.807) is 0 Å². The molecule has 2 aromatic carbocycles. The number of para-hydroxylation sites is 2. The number of fused-ring (bicyclic) bond motifs is 1. The molecule has 1 aromatic heterocycles. The van der Waals surface area contributed by atoms with Crippen molar-refractivity contribution in [2.75, 3.05) is 48.3 Å². The van der Waals surface area contributed by atoms with Crippen LogP contribution < -0.4 is 9.80 Å². The zero-order valence-corrected chi connectivity index (χ0v) is 20.2. The second-order valence-corrected chi connectivity index (χ2v) is 9.59. The van der Waals surface area contributed by atoms with E-state index >= 15 is 0 Å². The van der Waals surface area contributed by atoms with Crippen molar-refractivity contribution in [3.8, 4) is 5.69 Å². The number of anilines is 2. The lowest BCUT2D eigenvalue weighted by atomic mass is 10.2. The molecule has 1 fully saturated rings. The van der Waals surface area contributed by atoms with E-state index in [4.69, 9.17) is 5.10 Å². The fourth-order valence-corrected chi connectivity index (χ4v) is 5.73. The van der Waals surface area contributed by atoms with Crippen LogP contribution in [0.15, 0.2) is 65.7 Å². The summed E-state index contributed by atoms with van der Waals surface area (Å²) < 4.78 is 1.92. The van der Waals surface area contributed by atoms with Gasteiger partial charge in [0, 0.05) is 44.8 Å². The number of rotatable bonds is 6. The molecule has 0 radical (unpaired) electrons. The summed E-state index contributed by atoms with van der Waals surface area (Å²) >= 11 is 1.53. The highest BCUT2D eigenvalue weighted by Gasteiger charge is 2.31. The fraction of sp³-hybridized carbons (Fsp3) is 0.346. The summed E-state index contributed by atoms with van der Waals surface area (Å²) in [5.41, 5.74) is 3.91. The molecule has 3 aromatic rings. The first-order valence-electron chi connectivity index (χ1n) is 11.8. The Morgan fingerprint density at radius 1 is 0.941 bits per heavy atom. The molecule has 0 saturated carbocycles. The van der Waals surface area contributed by atoms with Crippen LogP contribution in [0.2, 0.25) is 0 Å². The molecule has 5 rings (SSSR count). The molecule has 0 aliphatic carbocycles. The lowest BCUT2D eigenvalue weighted by Crippen LogP contribution is -2.49. The topological polar surface area (TPSA) is 61.7 Å². The molecule has 8 heteroatoms. The molecule has 2 aliphatic rings. The molecular formula is C26H29N5O2S. The maximum Gasteiger partial charge on any atom is 0.237 e. The average molecular weight is 476 g/mol. The van der Waals surface area contributed by atoms with Crippen molar-refractivity contribution in [3.63, 3.8) is 0 Å². The normalized spacial score (nSPS) is 16.0. The van der Waals surface area contributed by atoms with Gasteiger partial charge in [-0.25, -0.2) is 4.68 Å². The number of aryl methyl sites for hydroxylation is 1. The minimum absolute atomic E-state index is 0.0807. The number of thioether (sulfide) groups is 1. The Morgan fingerprint density at radius 2 is 1.59 bits per heavy atom. The average Bonchev–Trinajstić information content (AvgIpc) is 3.23. The van der Waals surface area contributed by atoms with Gasteiger partial charge in [0.1, 0.15) is 5.03 Å². The van der Waals surface area contributed by atoms with Crippen molar-refractivity contribution in [1.29, 1.82) is 0 Å². The number of carbonyl (C=O) groups excluding carboxylic acids is 2. The van der Waals surface area contributed by atoms with Crippen LogP contribution in [0.25, 0.3) is 5.69 Å². The van der Waals surface area contributed by atoms with Crippen molar-refractivity contribution in [3.05, 3.63) is 66.4 Å². The van der Waals surface area contributed by atoms with Crippen LogP contribution in [-0.4, -0.2) is 65.0 Å². The van der Waals surface area contributed by atoms with Crippen LogP contribution in [0, 0.1) is 6.92 Å². The lowest BCUT2D eigenvalue weighted by molar-refractivity contribution is -0.131. The molecule has 0 spiro atoms. The van der Waals surface area contributed by atoms with Gasteiger partial charge in [-0.2, -0.15) is 5.10 Å². The Morgan fingerprint density at radius 3 is 2.26 bits per heavy atom. The minimum Gasteiger partial charge on any atom is -0.368 e. The molecular weight excluding hydrogens is 446 g/mol. The van der Waals surface area contributed by atoms with Gasteiger partial charge in [0.2, 0.25) is 11.8 Å². The first-order chi connectivity index (χ1) is 16.6. The van der Waals surface area contributed by atoms with E-state index < -0.39 is 0 Å². The Labute approximate surface area is 204 Å². The highest BCUT2D eigenvalue weighted by atomic mass is 32.2. The summed E-state index contributed by atoms with van der Waals surface area (Å²) in [5, 5.41) is 5.71. The highest BCUT2D eigenvalue weighted by Crippen LogP contribution is 2.39. The maximum absolute atomic E-state index is 12.8. The van der Waals surface area contributed by atoms with Crippen molar-refractivity contribution < 1.29 is 9.59 Å². The number of aromatic nitrogens is 2. The summed E-state index contributed by atoms with van der Waals surface area (Å²) in [5.74, 6) is 0.640. The monoisotopic (exact) mass is 475 g/mol. The Bertz CT molecular complexity index is 1160. The molecule has 1 saturated heterocycles. The third-order valence-corrected chi connectivity index (χ3v) is 7.45. The number of hydrogen-bond donors (Lipinski definition) is 0. The van der Waals surface area contributed by atoms with E-state index in [2.05, 4.69) is 17.0 Å². The van der Waals surface area contributed by atoms with Crippen LogP contribution in [0.3, 0.4) is 0 Å². The summed E-state index contributed by atoms with van der Waals surface area (Å²) in [6.07, 6.45) is 1.09. The van der Waals surface area contributed by atoms with E-state index in [1.165, 1.54) is 17.4 Å². The molecule has 7 nitrogen and oxygen atoms in total. The number of amides is 2. The number of nitrogens with zero attached hydrogens (tertiary/aromatic N) is 5. The maximum atomic E-state index is 12.8. The summed E-state index contributed by atoms with van der Waals surface area (Å²) in [7, 11) is 0. The van der Waals surface area contributed by atoms with Gasteiger partial charge in [-0.15, -0.1) is 0 Å². The largest absolute Gasteiger partial charge is 0.368 e. The molecule has 0 bridgehead atoms. The van der Waals surface area contributed by atoms with Crippen molar-refractivity contribution >= 4 is 35.0 Å². The van der Waals surface area contributed by atoms with Crippen LogP contribution in [0.4, 0.5) is 11.4 Å². The lowest BCUT2D eigenvalue weighted by Gasteiger charge is -2.36. The van der Waals surface area contributed by atoms with E-state index in [9.17, 15) is 9.59 Å². The van der Waals surface area contributed by atoms with Crippen LogP contribution in [-0.2, 0) is 9.59 Å². The zero-order chi connectivity index (χ0) is 23.5. The fourth-order valence-electron chi connectivity index (χ4n) is 4.65. The van der Waals surface area contributed by atoms with Crippen molar-refractivity contribution in [2.45, 2.75) is 24.8 Å².